The van der Waals surface area contributed by atoms with Crippen LogP contribution in [0.3, 0.4) is 0 Å². The Morgan fingerprint density at radius 2 is 0.984 bits per heavy atom. The van der Waals surface area contributed by atoms with E-state index in [1.807, 2.05) is 30.3 Å². The summed E-state index contributed by atoms with van der Waals surface area (Å²) in [7, 11) is 0. The number of anilines is 3. The molecule has 0 spiro atoms. The number of hydrogen-bond acceptors (Lipinski definition) is 2. The van der Waals surface area contributed by atoms with Crippen LogP contribution in [-0.4, -0.2) is 0 Å². The number of nitrogens with zero attached hydrogens (tertiary/aromatic N) is 1. The maximum atomic E-state index is 10.1. The van der Waals surface area contributed by atoms with Crippen molar-refractivity contribution in [3.05, 3.63) is 258 Å². The second-order valence-corrected chi connectivity index (χ2v) is 15.5. The molecule has 0 amide bonds. The van der Waals surface area contributed by atoms with Crippen molar-refractivity contribution in [2.45, 2.75) is 5.41 Å². The first-order chi connectivity index (χ1) is 38.6. The SMILES string of the molecule is [2H]c1c([2H])c([2H])c2c(c1[2H])-c1c(-c3c([2H])c([2H])c(N(c4ccc(-c5ccccc5)cc4)c4c([2H])c([2H])c([2H])c5c4sc4c6c([2H])c([2H])c([2H])c([2H])c6c([2H])c([2H])c45)c([2H])c3[2H])c([2H])c([2H])c([2H])c1C2(c1ccccc1)c1ccccc1. The second kappa shape index (κ2) is 14.3. The highest BCUT2D eigenvalue weighted by molar-refractivity contribution is 7.27. The van der Waals surface area contributed by atoms with Crippen molar-refractivity contribution >= 4 is 59.3 Å². The third-order valence-electron chi connectivity index (χ3n) is 11.2. The van der Waals surface area contributed by atoms with Gasteiger partial charge < -0.3 is 4.90 Å². The van der Waals surface area contributed by atoms with E-state index in [2.05, 4.69) is 0 Å². The van der Waals surface area contributed by atoms with Gasteiger partial charge in [0.2, 0.25) is 0 Å². The standard InChI is InChI=1S/C59H39NS/c1-4-16-40(17-5-1)41-30-35-46(36-31-41)60(55-29-15-26-50-51-39-34-42-18-10-11-23-49(42)57(51)61-58(50)55)47-37-32-43(33-38-47)48-25-14-28-54-56(48)52-24-12-13-27-53(52)59(54,44-19-6-2-7-20-44)45-21-8-3-9-22-45/h1-39H/i10D,11D,12D,13D,14D,15D,18D,23D,24D,25D,26D,27D,28D,29D,32D,33D,34D,37D,38D,39D. The van der Waals surface area contributed by atoms with Crippen molar-refractivity contribution in [1.29, 1.82) is 0 Å². The molecule has 12 rings (SSSR count). The first-order valence-corrected chi connectivity index (χ1v) is 20.2. The molecule has 61 heavy (non-hydrogen) atoms. The lowest BCUT2D eigenvalue weighted by atomic mass is 9.67. The molecule has 0 fully saturated rings. The van der Waals surface area contributed by atoms with Crippen LogP contribution in [0.2, 0.25) is 0 Å². The molecule has 286 valence electrons. The van der Waals surface area contributed by atoms with Crippen molar-refractivity contribution in [2.75, 3.05) is 4.90 Å². The fraction of sp³-hybridized carbons (Fsp3) is 0.0169. The lowest BCUT2D eigenvalue weighted by Gasteiger charge is -2.34. The van der Waals surface area contributed by atoms with Crippen LogP contribution in [0.5, 0.6) is 0 Å². The van der Waals surface area contributed by atoms with Crippen LogP contribution < -0.4 is 4.90 Å². The van der Waals surface area contributed by atoms with Crippen LogP contribution in [0.25, 0.3) is 64.3 Å². The zero-order chi connectivity index (χ0) is 57.7. The van der Waals surface area contributed by atoms with Gasteiger partial charge >= 0.3 is 0 Å². The van der Waals surface area contributed by atoms with Gasteiger partial charge in [-0.2, -0.15) is 0 Å². The highest BCUT2D eigenvalue weighted by atomic mass is 32.1. The number of rotatable bonds is 7. The van der Waals surface area contributed by atoms with Gasteiger partial charge in [0, 0.05) is 26.8 Å². The zero-order valence-corrected chi connectivity index (χ0v) is 32.6. The second-order valence-electron chi connectivity index (χ2n) is 14.4. The number of thiophene rings is 1. The molecule has 11 aromatic rings. The summed E-state index contributed by atoms with van der Waals surface area (Å²) in [4.78, 5) is 1.22. The quantitative estimate of drug-likeness (QED) is 0.155. The summed E-state index contributed by atoms with van der Waals surface area (Å²) in [6.45, 7) is 0. The van der Waals surface area contributed by atoms with Crippen LogP contribution in [0.4, 0.5) is 17.1 Å². The summed E-state index contributed by atoms with van der Waals surface area (Å²) in [5.41, 5.74) is -1.48. The molecule has 0 bridgehead atoms. The first-order valence-electron chi connectivity index (χ1n) is 29.4. The Labute approximate surface area is 388 Å². The van der Waals surface area contributed by atoms with Gasteiger partial charge in [0.1, 0.15) is 0 Å². The van der Waals surface area contributed by atoms with Gasteiger partial charge in [0.25, 0.3) is 0 Å². The van der Waals surface area contributed by atoms with Crippen LogP contribution in [-0.2, 0) is 5.41 Å². The minimum absolute atomic E-state index is 0.0197. The molecule has 0 unspecified atom stereocenters. The third-order valence-corrected chi connectivity index (χ3v) is 12.5. The highest BCUT2D eigenvalue weighted by Gasteiger charge is 2.46. The normalized spacial score (nSPS) is 17.3. The molecule has 0 N–H and O–H groups in total. The fourth-order valence-electron chi connectivity index (χ4n) is 8.58. The Bertz CT molecular complexity index is 4500. The van der Waals surface area contributed by atoms with Crippen LogP contribution in [0.15, 0.2) is 236 Å². The molecule has 0 saturated carbocycles. The van der Waals surface area contributed by atoms with E-state index in [0.717, 1.165) is 16.9 Å². The maximum Gasteiger partial charge on any atom is 0.0713 e. The molecule has 0 aliphatic heterocycles. The van der Waals surface area contributed by atoms with Crippen molar-refractivity contribution in [2.24, 2.45) is 0 Å². The molecular weight excluding hydrogens is 755 g/mol. The predicted molar refractivity (Wildman–Crippen MR) is 260 cm³/mol. The van der Waals surface area contributed by atoms with Crippen molar-refractivity contribution in [1.82, 2.24) is 0 Å². The van der Waals surface area contributed by atoms with Gasteiger partial charge in [-0.1, -0.05) is 206 Å². The van der Waals surface area contributed by atoms with E-state index in [1.165, 1.54) is 4.90 Å². The molecule has 2 heteroatoms. The van der Waals surface area contributed by atoms with Gasteiger partial charge in [-0.3, -0.25) is 0 Å². The summed E-state index contributed by atoms with van der Waals surface area (Å²) in [6, 6.07) is 20.2. The average molecular weight is 814 g/mol. The average Bonchev–Trinajstić information content (AvgIpc) is 1.81. The lowest BCUT2D eigenvalue weighted by Crippen LogP contribution is -2.28. The molecule has 1 aliphatic rings. The minimum atomic E-state index is -1.78. The van der Waals surface area contributed by atoms with E-state index in [1.54, 1.807) is 84.9 Å². The molecule has 1 aliphatic carbocycles. The van der Waals surface area contributed by atoms with E-state index < -0.39 is 143 Å². The molecule has 0 atom stereocenters. The van der Waals surface area contributed by atoms with Gasteiger partial charge in [0.15, 0.2) is 0 Å². The molecule has 1 heterocycles. The van der Waals surface area contributed by atoms with Crippen LogP contribution >= 0.6 is 11.3 Å². The Balaban J connectivity index is 1.22. The largest absolute Gasteiger partial charge is 0.309 e. The Kier molecular flexibility index (Phi) is 4.85. The molecule has 0 saturated heterocycles. The molecular formula is C59H39NS. The summed E-state index contributed by atoms with van der Waals surface area (Å²) in [5.74, 6) is 0. The van der Waals surface area contributed by atoms with E-state index >= 15 is 0 Å². The van der Waals surface area contributed by atoms with Crippen LogP contribution in [0.1, 0.15) is 49.7 Å². The van der Waals surface area contributed by atoms with Gasteiger partial charge in [0.05, 0.1) is 43.2 Å². The number of fused-ring (bicyclic) bond motifs is 8. The molecule has 0 radical (unpaired) electrons. The Morgan fingerprint density at radius 1 is 0.393 bits per heavy atom. The molecule has 10 aromatic carbocycles. The van der Waals surface area contributed by atoms with Gasteiger partial charge in [-0.05, 0) is 96.7 Å². The third kappa shape index (κ3) is 5.53. The monoisotopic (exact) mass is 813 g/mol. The summed E-state index contributed by atoms with van der Waals surface area (Å²) >= 11 is 0.808. The first kappa shape index (κ1) is 20.6. The number of hydrogen-bond donors (Lipinski definition) is 0. The van der Waals surface area contributed by atoms with Crippen molar-refractivity contribution in [3.63, 3.8) is 0 Å². The smallest absolute Gasteiger partial charge is 0.0713 e. The van der Waals surface area contributed by atoms with Gasteiger partial charge in [-0.15, -0.1) is 11.3 Å². The summed E-state index contributed by atoms with van der Waals surface area (Å²) < 4.78 is 188. The van der Waals surface area contributed by atoms with Crippen molar-refractivity contribution in [3.8, 4) is 33.4 Å². The minimum Gasteiger partial charge on any atom is -0.309 e. The van der Waals surface area contributed by atoms with E-state index in [-0.39, 0.29) is 64.6 Å². The van der Waals surface area contributed by atoms with Crippen molar-refractivity contribution < 1.29 is 27.4 Å². The summed E-state index contributed by atoms with van der Waals surface area (Å²) in [5, 5.41) is -0.674. The highest BCUT2D eigenvalue weighted by Crippen LogP contribution is 2.58. The van der Waals surface area contributed by atoms with E-state index in [4.69, 9.17) is 9.60 Å². The number of benzene rings is 10. The van der Waals surface area contributed by atoms with E-state index in [9.17, 15) is 17.8 Å². The Hall–Kier alpha value is -7.52. The summed E-state index contributed by atoms with van der Waals surface area (Å²) in [6.07, 6.45) is 0. The topological polar surface area (TPSA) is 3.24 Å². The molecule has 1 aromatic heterocycles. The maximum absolute atomic E-state index is 10.1. The van der Waals surface area contributed by atoms with Crippen LogP contribution in [0, 0.1) is 0 Å². The van der Waals surface area contributed by atoms with E-state index in [0.29, 0.717) is 16.7 Å². The lowest BCUT2D eigenvalue weighted by molar-refractivity contribution is 0.768. The predicted octanol–water partition coefficient (Wildman–Crippen LogP) is 16.4. The Morgan fingerprint density at radius 3 is 1.74 bits per heavy atom. The molecule has 1 nitrogen and oxygen atoms in total. The zero-order valence-electron chi connectivity index (χ0n) is 51.8. The van der Waals surface area contributed by atoms with Gasteiger partial charge in [-0.25, -0.2) is 0 Å². The fourth-order valence-corrected chi connectivity index (χ4v) is 9.79.